The molecule has 1 fully saturated rings. The normalized spacial score (nSPS) is 30.2. The summed E-state index contributed by atoms with van der Waals surface area (Å²) in [7, 11) is 0. The highest BCUT2D eigenvalue weighted by Gasteiger charge is 2.36. The Hall–Kier alpha value is -1.32. The van der Waals surface area contributed by atoms with Crippen molar-refractivity contribution in [3.63, 3.8) is 0 Å². The van der Waals surface area contributed by atoms with E-state index >= 15 is 0 Å². The van der Waals surface area contributed by atoms with Crippen LogP contribution in [0.5, 0.6) is 0 Å². The molecule has 104 valence electrons. The SMILES string of the molecule is CC1CCC2(CC1)CNc1ccc(F)c(F)c1NC2. The van der Waals surface area contributed by atoms with Crippen LogP contribution >= 0.6 is 0 Å². The lowest BCUT2D eigenvalue weighted by atomic mass is 9.71. The summed E-state index contributed by atoms with van der Waals surface area (Å²) in [6.45, 7) is 3.85. The van der Waals surface area contributed by atoms with Crippen LogP contribution in [0.4, 0.5) is 20.2 Å². The first kappa shape index (κ1) is 12.7. The Morgan fingerprint density at radius 3 is 2.53 bits per heavy atom. The lowest BCUT2D eigenvalue weighted by Crippen LogP contribution is -2.38. The van der Waals surface area contributed by atoms with Crippen molar-refractivity contribution in [2.45, 2.75) is 32.6 Å². The maximum absolute atomic E-state index is 13.8. The van der Waals surface area contributed by atoms with E-state index in [4.69, 9.17) is 0 Å². The van der Waals surface area contributed by atoms with Gasteiger partial charge in [0.05, 0.1) is 11.4 Å². The smallest absolute Gasteiger partial charge is 0.183 e. The Bertz CT molecular complexity index is 479. The summed E-state index contributed by atoms with van der Waals surface area (Å²) in [4.78, 5) is 0. The van der Waals surface area contributed by atoms with Crippen molar-refractivity contribution in [2.75, 3.05) is 23.7 Å². The molecule has 1 aliphatic heterocycles. The topological polar surface area (TPSA) is 24.1 Å². The second-order valence-corrected chi connectivity index (χ2v) is 6.17. The van der Waals surface area contributed by atoms with Crippen LogP contribution in [0.2, 0.25) is 0 Å². The van der Waals surface area contributed by atoms with Crippen LogP contribution in [0.25, 0.3) is 0 Å². The molecule has 0 unspecified atom stereocenters. The van der Waals surface area contributed by atoms with E-state index in [1.807, 2.05) is 0 Å². The maximum atomic E-state index is 13.8. The molecule has 3 rings (SSSR count). The van der Waals surface area contributed by atoms with Crippen LogP contribution in [0.1, 0.15) is 32.6 Å². The number of halogens is 2. The number of fused-ring (bicyclic) bond motifs is 1. The average molecular weight is 266 g/mol. The molecular weight excluding hydrogens is 246 g/mol. The van der Waals surface area contributed by atoms with Gasteiger partial charge in [0.2, 0.25) is 0 Å². The molecule has 2 aliphatic rings. The molecule has 1 aromatic rings. The van der Waals surface area contributed by atoms with E-state index in [-0.39, 0.29) is 11.1 Å². The summed E-state index contributed by atoms with van der Waals surface area (Å²) in [6, 6.07) is 2.80. The van der Waals surface area contributed by atoms with Crippen molar-refractivity contribution in [1.29, 1.82) is 0 Å². The van der Waals surface area contributed by atoms with Crippen LogP contribution in [0, 0.1) is 23.0 Å². The number of benzene rings is 1. The van der Waals surface area contributed by atoms with E-state index in [1.54, 1.807) is 6.07 Å². The first-order chi connectivity index (χ1) is 9.10. The van der Waals surface area contributed by atoms with Gasteiger partial charge in [0.1, 0.15) is 0 Å². The van der Waals surface area contributed by atoms with Gasteiger partial charge in [-0.05, 0) is 30.9 Å². The van der Waals surface area contributed by atoms with Gasteiger partial charge in [0.25, 0.3) is 0 Å². The van der Waals surface area contributed by atoms with E-state index in [2.05, 4.69) is 17.6 Å². The van der Waals surface area contributed by atoms with E-state index in [0.29, 0.717) is 5.69 Å². The van der Waals surface area contributed by atoms with Crippen LogP contribution in [-0.2, 0) is 0 Å². The summed E-state index contributed by atoms with van der Waals surface area (Å²) in [5, 5.41) is 6.43. The van der Waals surface area contributed by atoms with Crippen LogP contribution < -0.4 is 10.6 Å². The Morgan fingerprint density at radius 2 is 1.79 bits per heavy atom. The lowest BCUT2D eigenvalue weighted by molar-refractivity contribution is 0.185. The minimum absolute atomic E-state index is 0.175. The number of hydrogen-bond donors (Lipinski definition) is 2. The molecular formula is C15H20F2N2. The Kier molecular flexibility index (Phi) is 3.11. The standard InChI is InChI=1S/C15H20F2N2/c1-10-4-6-15(7-5-10)8-18-12-3-2-11(16)13(17)14(12)19-9-15/h2-3,10,18-19H,4-9H2,1H3. The molecule has 1 saturated carbocycles. The van der Waals surface area contributed by atoms with Crippen LogP contribution in [0.15, 0.2) is 12.1 Å². The van der Waals surface area contributed by atoms with Crippen molar-refractivity contribution in [3.8, 4) is 0 Å². The molecule has 1 aliphatic carbocycles. The van der Waals surface area contributed by atoms with Crippen LogP contribution in [-0.4, -0.2) is 13.1 Å². The quantitative estimate of drug-likeness (QED) is 0.741. The van der Waals surface area contributed by atoms with E-state index in [9.17, 15) is 8.78 Å². The van der Waals surface area contributed by atoms with Crippen LogP contribution in [0.3, 0.4) is 0 Å². The summed E-state index contributed by atoms with van der Waals surface area (Å²) in [5.74, 6) is -0.780. The lowest BCUT2D eigenvalue weighted by Gasteiger charge is -2.38. The highest BCUT2D eigenvalue weighted by molar-refractivity contribution is 5.70. The highest BCUT2D eigenvalue weighted by atomic mass is 19.2. The monoisotopic (exact) mass is 266 g/mol. The zero-order valence-electron chi connectivity index (χ0n) is 11.2. The molecule has 2 N–H and O–H groups in total. The van der Waals surface area contributed by atoms with E-state index in [1.165, 1.54) is 18.9 Å². The van der Waals surface area contributed by atoms with Gasteiger partial charge in [-0.2, -0.15) is 0 Å². The molecule has 1 aromatic carbocycles. The molecule has 4 heteroatoms. The third-order valence-corrected chi connectivity index (χ3v) is 4.72. The number of nitrogens with one attached hydrogen (secondary N) is 2. The minimum atomic E-state index is -0.790. The Balaban J connectivity index is 1.83. The highest BCUT2D eigenvalue weighted by Crippen LogP contribution is 2.42. The molecule has 1 spiro atoms. The molecule has 0 amide bonds. The Labute approximate surface area is 112 Å². The molecule has 0 bridgehead atoms. The van der Waals surface area contributed by atoms with Crippen molar-refractivity contribution in [3.05, 3.63) is 23.8 Å². The summed E-state index contributed by atoms with van der Waals surface area (Å²) in [6.07, 6.45) is 4.73. The van der Waals surface area contributed by atoms with E-state index in [0.717, 1.165) is 31.8 Å². The second kappa shape index (κ2) is 4.66. The summed E-state index contributed by atoms with van der Waals surface area (Å²) in [5.41, 5.74) is 1.14. The fraction of sp³-hybridized carbons (Fsp3) is 0.600. The third-order valence-electron chi connectivity index (χ3n) is 4.72. The van der Waals surface area contributed by atoms with Gasteiger partial charge in [-0.25, -0.2) is 8.78 Å². The van der Waals surface area contributed by atoms with E-state index < -0.39 is 11.6 Å². The zero-order valence-corrected chi connectivity index (χ0v) is 11.2. The summed E-state index contributed by atoms with van der Waals surface area (Å²) >= 11 is 0. The molecule has 0 radical (unpaired) electrons. The Morgan fingerprint density at radius 1 is 1.11 bits per heavy atom. The predicted octanol–water partition coefficient (Wildman–Crippen LogP) is 4.00. The van der Waals surface area contributed by atoms with Gasteiger partial charge in [0, 0.05) is 18.5 Å². The molecule has 19 heavy (non-hydrogen) atoms. The fourth-order valence-electron chi connectivity index (χ4n) is 3.22. The van der Waals surface area contributed by atoms with Crippen molar-refractivity contribution in [2.24, 2.45) is 11.3 Å². The van der Waals surface area contributed by atoms with Gasteiger partial charge in [0.15, 0.2) is 11.6 Å². The number of rotatable bonds is 0. The van der Waals surface area contributed by atoms with Gasteiger partial charge in [-0.1, -0.05) is 19.8 Å². The molecule has 0 saturated heterocycles. The predicted molar refractivity (Wildman–Crippen MR) is 73.4 cm³/mol. The van der Waals surface area contributed by atoms with Crippen molar-refractivity contribution in [1.82, 2.24) is 0 Å². The van der Waals surface area contributed by atoms with Crippen molar-refractivity contribution >= 4 is 11.4 Å². The molecule has 2 nitrogen and oxygen atoms in total. The molecule has 0 aromatic heterocycles. The fourth-order valence-corrected chi connectivity index (χ4v) is 3.22. The minimum Gasteiger partial charge on any atom is -0.383 e. The van der Waals surface area contributed by atoms with Gasteiger partial charge in [-0.3, -0.25) is 0 Å². The first-order valence-corrected chi connectivity index (χ1v) is 7.05. The van der Waals surface area contributed by atoms with Gasteiger partial charge in [-0.15, -0.1) is 0 Å². The second-order valence-electron chi connectivity index (χ2n) is 6.17. The van der Waals surface area contributed by atoms with Crippen molar-refractivity contribution < 1.29 is 8.78 Å². The number of anilines is 2. The number of hydrogen-bond acceptors (Lipinski definition) is 2. The molecule has 0 atom stereocenters. The first-order valence-electron chi connectivity index (χ1n) is 7.05. The van der Waals surface area contributed by atoms with Gasteiger partial charge >= 0.3 is 0 Å². The third kappa shape index (κ3) is 2.28. The average Bonchev–Trinajstić information content (AvgIpc) is 2.59. The maximum Gasteiger partial charge on any atom is 0.183 e. The summed E-state index contributed by atoms with van der Waals surface area (Å²) < 4.78 is 27.1. The largest absolute Gasteiger partial charge is 0.383 e. The molecule has 1 heterocycles. The zero-order chi connectivity index (χ0) is 13.5. The van der Waals surface area contributed by atoms with Gasteiger partial charge < -0.3 is 10.6 Å².